The molecule has 34 heavy (non-hydrogen) atoms. The number of thioether (sulfide) groups is 1. The number of nitrogens with zero attached hydrogens (tertiary/aromatic N) is 1. The van der Waals surface area contributed by atoms with Crippen LogP contribution >= 0.6 is 11.8 Å². The Kier molecular flexibility index (Phi) is 8.39. The van der Waals surface area contributed by atoms with Gasteiger partial charge in [-0.25, -0.2) is 0 Å². The zero-order valence-electron chi connectivity index (χ0n) is 20.5. The Labute approximate surface area is 207 Å². The molecule has 1 aromatic rings. The number of benzene rings is 1. The molecular weight excluding hydrogens is 517 g/mol. The fourth-order valence-corrected chi connectivity index (χ4v) is 7.68. The van der Waals surface area contributed by atoms with Crippen molar-refractivity contribution in [3.63, 3.8) is 0 Å². The maximum absolute atomic E-state index is 12.8. The van der Waals surface area contributed by atoms with Gasteiger partial charge in [0.05, 0.1) is 6.42 Å². The van der Waals surface area contributed by atoms with E-state index in [0.29, 0.717) is 6.42 Å². The Morgan fingerprint density at radius 2 is 1.74 bits per heavy atom. The van der Waals surface area contributed by atoms with Gasteiger partial charge >= 0.3 is 150 Å². The average Bonchev–Trinajstić information content (AvgIpc) is 3.01. The molecule has 1 N–H and O–H groups in total. The van der Waals surface area contributed by atoms with E-state index in [-0.39, 0.29) is 42.8 Å². The number of amides is 2. The number of ether oxygens (including phenoxy) is 2. The zero-order valence-corrected chi connectivity index (χ0v) is 23.4. The second kappa shape index (κ2) is 10.7. The van der Waals surface area contributed by atoms with Crippen molar-refractivity contribution in [3.05, 3.63) is 35.9 Å². The zero-order chi connectivity index (χ0) is 25.1. The third-order valence-corrected chi connectivity index (χ3v) is 11.1. The third-order valence-electron chi connectivity index (χ3n) is 5.86. The van der Waals surface area contributed by atoms with E-state index in [2.05, 4.69) is 22.6 Å². The van der Waals surface area contributed by atoms with E-state index in [1.54, 1.807) is 0 Å². The molecule has 186 valence electrons. The number of β-lactam (4-membered cyclic amide) rings is 1. The summed E-state index contributed by atoms with van der Waals surface area (Å²) in [5.41, 5.74) is 0.867. The minimum absolute atomic E-state index is 0.00243. The fraction of sp³-hybridized carbons (Fsp3) is 0.583. The summed E-state index contributed by atoms with van der Waals surface area (Å²) >= 11 is -0.321. The molecule has 3 rings (SSSR count). The summed E-state index contributed by atoms with van der Waals surface area (Å²) in [6.07, 6.45) is 0.583. The predicted octanol–water partition coefficient (Wildman–Crippen LogP) is 2.59. The monoisotopic (exact) mass is 552 g/mol. The van der Waals surface area contributed by atoms with E-state index in [4.69, 9.17) is 9.47 Å². The SMILES string of the molecule is CC1(C)S[C@@H]2[C@H](NC(=O)Cc3ccccc3)C(=O)N2[C@H]1C(=O)OCCOC(=O)C[CH2][Ge]([CH3])([CH3])[CH3]. The van der Waals surface area contributed by atoms with Gasteiger partial charge in [-0.3, -0.25) is 4.79 Å². The molecule has 1 aromatic carbocycles. The van der Waals surface area contributed by atoms with Gasteiger partial charge in [-0.2, -0.15) is 0 Å². The van der Waals surface area contributed by atoms with Crippen LogP contribution in [0.1, 0.15) is 25.8 Å². The van der Waals surface area contributed by atoms with E-state index < -0.39 is 36.1 Å². The van der Waals surface area contributed by atoms with Gasteiger partial charge in [-0.05, 0) is 5.56 Å². The molecule has 0 unspecified atom stereocenters. The van der Waals surface area contributed by atoms with Gasteiger partial charge in [0.1, 0.15) is 0 Å². The molecule has 2 aliphatic rings. The molecule has 2 aliphatic heterocycles. The Morgan fingerprint density at radius 3 is 2.38 bits per heavy atom. The second-order valence-corrected chi connectivity index (χ2v) is 24.0. The summed E-state index contributed by atoms with van der Waals surface area (Å²) in [5.74, 6) is 5.39. The molecule has 0 radical (unpaired) electrons. The van der Waals surface area contributed by atoms with Crippen molar-refractivity contribution in [2.24, 2.45) is 0 Å². The van der Waals surface area contributed by atoms with Crippen LogP contribution in [0.25, 0.3) is 0 Å². The number of carbonyl (C=O) groups excluding carboxylic acids is 4. The molecule has 2 saturated heterocycles. The first-order chi connectivity index (χ1) is 15.9. The molecular formula is C24H34GeN2O6S. The summed E-state index contributed by atoms with van der Waals surface area (Å²) in [6, 6.07) is 7.90. The van der Waals surface area contributed by atoms with Crippen molar-refractivity contribution in [1.29, 1.82) is 0 Å². The molecule has 0 aliphatic carbocycles. The number of carbonyl (C=O) groups is 4. The van der Waals surface area contributed by atoms with Crippen molar-refractivity contribution >= 4 is 48.8 Å². The van der Waals surface area contributed by atoms with Crippen molar-refractivity contribution in [3.8, 4) is 0 Å². The molecule has 0 bridgehead atoms. The van der Waals surface area contributed by atoms with Crippen LogP contribution in [0.2, 0.25) is 22.5 Å². The van der Waals surface area contributed by atoms with Crippen LogP contribution in [0.5, 0.6) is 0 Å². The Bertz CT molecular complexity index is 933. The topological polar surface area (TPSA) is 102 Å². The Hall–Kier alpha value is -2.01. The number of fused-ring (bicyclic) bond motifs is 1. The van der Waals surface area contributed by atoms with Crippen LogP contribution < -0.4 is 5.32 Å². The van der Waals surface area contributed by atoms with E-state index in [1.807, 2.05) is 44.2 Å². The van der Waals surface area contributed by atoms with Gasteiger partial charge in [0.25, 0.3) is 0 Å². The first-order valence-electron chi connectivity index (χ1n) is 11.5. The molecule has 2 amide bonds. The van der Waals surface area contributed by atoms with E-state index >= 15 is 0 Å². The quantitative estimate of drug-likeness (QED) is 0.207. The first-order valence-corrected chi connectivity index (χ1v) is 20.2. The molecule has 10 heteroatoms. The number of nitrogens with one attached hydrogen (secondary N) is 1. The molecule has 3 atom stereocenters. The van der Waals surface area contributed by atoms with E-state index in [9.17, 15) is 19.2 Å². The standard InChI is InChI=1S/C24H34GeN2O6S/c1-24(2)20(23(31)33-14-13-32-18(29)11-12-25(3,4)5)27-21(30)19(22(27)34-24)26-17(28)15-16-9-7-6-8-10-16/h6-10,19-20,22H,11-15H2,1-5H3,(H,26,28)/t19-,20+,22-/m1/s1. The van der Waals surface area contributed by atoms with E-state index in [1.165, 1.54) is 16.7 Å². The van der Waals surface area contributed by atoms with Gasteiger partial charge in [-0.1, -0.05) is 30.3 Å². The molecule has 2 heterocycles. The van der Waals surface area contributed by atoms with Crippen LogP contribution in [0.15, 0.2) is 30.3 Å². The first kappa shape index (κ1) is 26.6. The van der Waals surface area contributed by atoms with Gasteiger partial charge < -0.3 is 5.32 Å². The van der Waals surface area contributed by atoms with Crippen LogP contribution in [-0.2, 0) is 35.1 Å². The molecule has 0 spiro atoms. The number of hydrogen-bond acceptors (Lipinski definition) is 7. The van der Waals surface area contributed by atoms with Crippen molar-refractivity contribution < 1.29 is 28.7 Å². The van der Waals surface area contributed by atoms with Crippen LogP contribution in [-0.4, -0.2) is 77.3 Å². The van der Waals surface area contributed by atoms with Gasteiger partial charge in [-0.15, -0.1) is 0 Å². The summed E-state index contributed by atoms with van der Waals surface area (Å²) < 4.78 is 9.95. The van der Waals surface area contributed by atoms with Crippen molar-refractivity contribution in [2.75, 3.05) is 13.2 Å². The second-order valence-electron chi connectivity index (χ2n) is 10.4. The molecule has 0 aromatic heterocycles. The normalized spacial score (nSPS) is 23.0. The van der Waals surface area contributed by atoms with E-state index in [0.717, 1.165) is 10.8 Å². The summed E-state index contributed by atoms with van der Waals surface area (Å²) in [4.78, 5) is 51.4. The Balaban J connectivity index is 1.48. The molecule has 2 fully saturated rings. The third kappa shape index (κ3) is 6.56. The number of hydrogen-bond donors (Lipinski definition) is 1. The molecule has 0 saturated carbocycles. The number of esters is 2. The summed E-state index contributed by atoms with van der Waals surface area (Å²) in [7, 11) is 0. The molecule has 8 nitrogen and oxygen atoms in total. The maximum atomic E-state index is 12.8. The van der Waals surface area contributed by atoms with Crippen LogP contribution in [0, 0.1) is 0 Å². The van der Waals surface area contributed by atoms with Crippen molar-refractivity contribution in [1.82, 2.24) is 10.2 Å². The van der Waals surface area contributed by atoms with Crippen molar-refractivity contribution in [2.45, 2.75) is 71.4 Å². The number of rotatable bonds is 10. The average molecular weight is 551 g/mol. The minimum atomic E-state index is -1.80. The van der Waals surface area contributed by atoms with Gasteiger partial charge in [0.15, 0.2) is 0 Å². The fourth-order valence-electron chi connectivity index (χ4n) is 4.06. The van der Waals surface area contributed by atoms with Gasteiger partial charge in [0, 0.05) is 0 Å². The summed E-state index contributed by atoms with van der Waals surface area (Å²) in [5, 5.41) is 3.39. The predicted molar refractivity (Wildman–Crippen MR) is 133 cm³/mol. The van der Waals surface area contributed by atoms with Crippen LogP contribution in [0.3, 0.4) is 0 Å². The van der Waals surface area contributed by atoms with Crippen LogP contribution in [0.4, 0.5) is 0 Å². The van der Waals surface area contributed by atoms with Gasteiger partial charge in [0.2, 0.25) is 5.91 Å². The summed E-state index contributed by atoms with van der Waals surface area (Å²) in [6.45, 7) is 3.71. The Morgan fingerprint density at radius 1 is 1.09 bits per heavy atom.